The van der Waals surface area contributed by atoms with Crippen LogP contribution in [0.25, 0.3) is 0 Å². The zero-order valence-corrected chi connectivity index (χ0v) is 9.32. The SMILES string of the molecule is CN(CCCCCO)C(=O)c1c[nH]c(=O)[nH]1. The number of unbranched alkanes of at least 4 members (excludes halogenated alkanes) is 2. The molecule has 1 heterocycles. The van der Waals surface area contributed by atoms with Crippen LogP contribution < -0.4 is 5.69 Å². The molecule has 0 spiro atoms. The number of aliphatic hydroxyl groups is 1. The van der Waals surface area contributed by atoms with Gasteiger partial charge in [-0.3, -0.25) is 4.79 Å². The summed E-state index contributed by atoms with van der Waals surface area (Å²) in [5.74, 6) is -0.206. The summed E-state index contributed by atoms with van der Waals surface area (Å²) in [5, 5.41) is 8.60. The van der Waals surface area contributed by atoms with E-state index in [4.69, 9.17) is 5.11 Å². The maximum absolute atomic E-state index is 11.7. The molecule has 0 saturated carbocycles. The van der Waals surface area contributed by atoms with Crippen molar-refractivity contribution in [3.05, 3.63) is 22.4 Å². The van der Waals surface area contributed by atoms with Crippen molar-refractivity contribution in [2.24, 2.45) is 0 Å². The van der Waals surface area contributed by atoms with Crippen molar-refractivity contribution in [3.8, 4) is 0 Å². The number of hydrogen-bond acceptors (Lipinski definition) is 3. The zero-order chi connectivity index (χ0) is 12.0. The molecule has 0 aromatic carbocycles. The van der Waals surface area contributed by atoms with Crippen molar-refractivity contribution < 1.29 is 9.90 Å². The summed E-state index contributed by atoms with van der Waals surface area (Å²) in [7, 11) is 1.69. The van der Waals surface area contributed by atoms with E-state index < -0.39 is 0 Å². The van der Waals surface area contributed by atoms with E-state index >= 15 is 0 Å². The lowest BCUT2D eigenvalue weighted by molar-refractivity contribution is 0.0787. The molecule has 1 aromatic heterocycles. The Balaban J connectivity index is 2.39. The summed E-state index contributed by atoms with van der Waals surface area (Å²) < 4.78 is 0. The zero-order valence-electron chi connectivity index (χ0n) is 9.32. The molecule has 0 aliphatic carbocycles. The summed E-state index contributed by atoms with van der Waals surface area (Å²) >= 11 is 0. The molecule has 16 heavy (non-hydrogen) atoms. The number of aliphatic hydroxyl groups excluding tert-OH is 1. The Hall–Kier alpha value is -1.56. The summed E-state index contributed by atoms with van der Waals surface area (Å²) in [6.45, 7) is 0.800. The highest BCUT2D eigenvalue weighted by molar-refractivity contribution is 5.91. The number of carbonyl (C=O) groups is 1. The minimum absolute atomic E-state index is 0.183. The number of hydrogen-bond donors (Lipinski definition) is 3. The van der Waals surface area contributed by atoms with Gasteiger partial charge >= 0.3 is 5.69 Å². The van der Waals surface area contributed by atoms with Crippen LogP contribution in [0.2, 0.25) is 0 Å². The van der Waals surface area contributed by atoms with Gasteiger partial charge in [0.2, 0.25) is 0 Å². The van der Waals surface area contributed by atoms with Gasteiger partial charge < -0.3 is 20.0 Å². The average molecular weight is 227 g/mol. The highest BCUT2D eigenvalue weighted by atomic mass is 16.3. The van der Waals surface area contributed by atoms with E-state index in [1.807, 2.05) is 0 Å². The molecule has 0 fully saturated rings. The standard InChI is InChI=1S/C10H17N3O3/c1-13(5-3-2-4-6-14)9(15)8-7-11-10(16)12-8/h7,14H,2-6H2,1H3,(H2,11,12,16). The van der Waals surface area contributed by atoms with E-state index in [0.717, 1.165) is 19.3 Å². The third kappa shape index (κ3) is 3.54. The monoisotopic (exact) mass is 227 g/mol. The third-order valence-corrected chi connectivity index (χ3v) is 2.32. The summed E-state index contributed by atoms with van der Waals surface area (Å²) in [4.78, 5) is 28.9. The van der Waals surface area contributed by atoms with Crippen LogP contribution in [-0.2, 0) is 0 Å². The highest BCUT2D eigenvalue weighted by Crippen LogP contribution is 2.00. The summed E-state index contributed by atoms with van der Waals surface area (Å²) in [5.41, 5.74) is -0.105. The Labute approximate surface area is 93.3 Å². The molecule has 0 bridgehead atoms. The van der Waals surface area contributed by atoms with Gasteiger partial charge in [0.05, 0.1) is 0 Å². The molecule has 0 aliphatic heterocycles. The van der Waals surface area contributed by atoms with Crippen LogP contribution in [0, 0.1) is 0 Å². The number of aromatic nitrogens is 2. The van der Waals surface area contributed by atoms with Gasteiger partial charge in [-0.25, -0.2) is 4.79 Å². The minimum Gasteiger partial charge on any atom is -0.396 e. The van der Waals surface area contributed by atoms with E-state index in [2.05, 4.69) is 9.97 Å². The second-order valence-electron chi connectivity index (χ2n) is 3.67. The number of imidazole rings is 1. The lowest BCUT2D eigenvalue weighted by Crippen LogP contribution is -2.28. The molecule has 0 saturated heterocycles. The molecular formula is C10H17N3O3. The molecule has 0 radical (unpaired) electrons. The van der Waals surface area contributed by atoms with Gasteiger partial charge in [-0.1, -0.05) is 0 Å². The van der Waals surface area contributed by atoms with Crippen molar-refractivity contribution in [2.75, 3.05) is 20.2 Å². The molecule has 3 N–H and O–H groups in total. The smallest absolute Gasteiger partial charge is 0.323 e. The maximum Gasteiger partial charge on any atom is 0.323 e. The Morgan fingerprint density at radius 1 is 1.44 bits per heavy atom. The number of amides is 1. The van der Waals surface area contributed by atoms with Gasteiger partial charge in [0.1, 0.15) is 5.69 Å². The van der Waals surface area contributed by atoms with Crippen LogP contribution >= 0.6 is 0 Å². The first-order valence-corrected chi connectivity index (χ1v) is 5.29. The van der Waals surface area contributed by atoms with Crippen molar-refractivity contribution in [1.29, 1.82) is 0 Å². The molecular weight excluding hydrogens is 210 g/mol. The van der Waals surface area contributed by atoms with E-state index in [0.29, 0.717) is 6.54 Å². The number of carbonyl (C=O) groups excluding carboxylic acids is 1. The van der Waals surface area contributed by atoms with Crippen molar-refractivity contribution in [3.63, 3.8) is 0 Å². The molecule has 6 nitrogen and oxygen atoms in total. The Morgan fingerprint density at radius 2 is 2.19 bits per heavy atom. The van der Waals surface area contributed by atoms with Crippen LogP contribution in [0.5, 0.6) is 0 Å². The van der Waals surface area contributed by atoms with Crippen molar-refractivity contribution >= 4 is 5.91 Å². The second-order valence-corrected chi connectivity index (χ2v) is 3.67. The van der Waals surface area contributed by atoms with E-state index in [1.54, 1.807) is 11.9 Å². The van der Waals surface area contributed by atoms with Crippen LogP contribution in [0.1, 0.15) is 29.8 Å². The van der Waals surface area contributed by atoms with E-state index in [9.17, 15) is 9.59 Å². The largest absolute Gasteiger partial charge is 0.396 e. The lowest BCUT2D eigenvalue weighted by Gasteiger charge is -2.15. The van der Waals surface area contributed by atoms with Gasteiger partial charge in [0.25, 0.3) is 5.91 Å². The predicted octanol–water partition coefficient (Wildman–Crippen LogP) is -0.0624. The molecule has 0 aliphatic rings. The highest BCUT2D eigenvalue weighted by Gasteiger charge is 2.12. The first-order chi connectivity index (χ1) is 7.65. The summed E-state index contributed by atoms with van der Waals surface area (Å²) in [6, 6.07) is 0. The number of nitrogens with zero attached hydrogens (tertiary/aromatic N) is 1. The van der Waals surface area contributed by atoms with Crippen LogP contribution in [0.15, 0.2) is 11.0 Å². The fourth-order valence-electron chi connectivity index (χ4n) is 1.39. The first kappa shape index (κ1) is 12.5. The van der Waals surface area contributed by atoms with Gasteiger partial charge in [-0.15, -0.1) is 0 Å². The Morgan fingerprint density at radius 3 is 2.75 bits per heavy atom. The fraction of sp³-hybridized carbons (Fsp3) is 0.600. The number of nitrogens with one attached hydrogen (secondary N) is 2. The Kier molecular flexibility index (Phi) is 4.78. The number of rotatable bonds is 6. The maximum atomic E-state index is 11.7. The van der Waals surface area contributed by atoms with E-state index in [1.165, 1.54) is 6.20 Å². The Bertz CT molecular complexity index is 383. The van der Waals surface area contributed by atoms with Gasteiger partial charge in [0, 0.05) is 26.4 Å². The average Bonchev–Trinajstić information content (AvgIpc) is 2.70. The van der Waals surface area contributed by atoms with Crippen LogP contribution in [-0.4, -0.2) is 46.1 Å². The molecule has 1 rings (SSSR count). The third-order valence-electron chi connectivity index (χ3n) is 2.32. The molecule has 0 atom stereocenters. The molecule has 1 aromatic rings. The quantitative estimate of drug-likeness (QED) is 0.595. The van der Waals surface area contributed by atoms with Crippen LogP contribution in [0.4, 0.5) is 0 Å². The second kappa shape index (κ2) is 6.12. The van der Waals surface area contributed by atoms with E-state index in [-0.39, 0.29) is 23.9 Å². The van der Waals surface area contributed by atoms with Crippen molar-refractivity contribution in [1.82, 2.24) is 14.9 Å². The molecule has 6 heteroatoms. The number of H-pyrrole nitrogens is 2. The topological polar surface area (TPSA) is 89.2 Å². The molecule has 0 unspecified atom stereocenters. The van der Waals surface area contributed by atoms with Crippen LogP contribution in [0.3, 0.4) is 0 Å². The van der Waals surface area contributed by atoms with Crippen molar-refractivity contribution in [2.45, 2.75) is 19.3 Å². The number of aromatic amines is 2. The minimum atomic E-state index is -0.378. The molecule has 1 amide bonds. The van der Waals surface area contributed by atoms with Gasteiger partial charge in [0.15, 0.2) is 0 Å². The fourth-order valence-corrected chi connectivity index (χ4v) is 1.39. The predicted molar refractivity (Wildman–Crippen MR) is 59.3 cm³/mol. The lowest BCUT2D eigenvalue weighted by atomic mass is 10.2. The van der Waals surface area contributed by atoms with Gasteiger partial charge in [-0.05, 0) is 19.3 Å². The normalized spacial score (nSPS) is 10.4. The first-order valence-electron chi connectivity index (χ1n) is 5.29. The van der Waals surface area contributed by atoms with Gasteiger partial charge in [-0.2, -0.15) is 0 Å². The summed E-state index contributed by atoms with van der Waals surface area (Å²) in [6.07, 6.45) is 3.85. The molecule has 90 valence electrons.